The van der Waals surface area contributed by atoms with Crippen molar-refractivity contribution in [3.63, 3.8) is 0 Å². The lowest BCUT2D eigenvalue weighted by molar-refractivity contribution is -0.133. The maximum Gasteiger partial charge on any atom is 0.330 e. The number of hydrogen-bond acceptors (Lipinski definition) is 8. The average molecular weight is 533 g/mol. The number of para-hydroxylation sites is 4. The van der Waals surface area contributed by atoms with E-state index in [1.54, 1.807) is 0 Å². The maximum atomic E-state index is 9.60. The second-order valence-corrected chi connectivity index (χ2v) is 7.68. The molecule has 1 aliphatic rings. The normalized spacial score (nSPS) is 13.9. The number of ether oxygens (including phenoxy) is 6. The molecule has 0 aromatic heterocycles. The van der Waals surface area contributed by atoms with Crippen molar-refractivity contribution in [3.8, 4) is 23.0 Å². The van der Waals surface area contributed by atoms with Crippen LogP contribution in [-0.2, 0) is 19.1 Å². The Morgan fingerprint density at radius 1 is 0.553 bits per heavy atom. The third-order valence-electron chi connectivity index (χ3n) is 4.37. The Hall–Kier alpha value is -4.02. The molecule has 0 bridgehead atoms. The van der Waals surface area contributed by atoms with E-state index in [1.165, 1.54) is 13.8 Å². The number of aliphatic carboxylic acids is 2. The molecule has 1 aliphatic heterocycles. The van der Waals surface area contributed by atoms with Gasteiger partial charge in [0, 0.05) is 11.1 Å². The van der Waals surface area contributed by atoms with Crippen LogP contribution >= 0.6 is 0 Å². The van der Waals surface area contributed by atoms with Gasteiger partial charge in [0.2, 0.25) is 0 Å². The zero-order valence-electron chi connectivity index (χ0n) is 21.9. The van der Waals surface area contributed by atoms with Gasteiger partial charge in [0.25, 0.3) is 0 Å². The average Bonchev–Trinajstić information content (AvgIpc) is 2.89. The molecule has 0 fully saturated rings. The lowest BCUT2D eigenvalue weighted by Gasteiger charge is -2.15. The molecule has 0 aliphatic carbocycles. The topological polar surface area (TPSA) is 130 Å². The van der Waals surface area contributed by atoms with Crippen LogP contribution in [0.15, 0.2) is 72.8 Å². The molecule has 2 aromatic carbocycles. The van der Waals surface area contributed by atoms with E-state index in [-0.39, 0.29) is 11.1 Å². The zero-order valence-corrected chi connectivity index (χ0v) is 21.9. The SMILES string of the molecule is C=C(C)C(=O)O.C=C(C)C(=O)O.c1ccc2c(c1)OCCOCCOc1ccccc1OCCOCCO2. The van der Waals surface area contributed by atoms with Gasteiger partial charge in [-0.1, -0.05) is 37.4 Å². The predicted octanol–water partition coefficient (Wildman–Crippen LogP) is 4.24. The molecule has 0 unspecified atom stereocenters. The molecule has 0 spiro atoms. The molecule has 0 atom stereocenters. The largest absolute Gasteiger partial charge is 0.487 e. The first-order valence-corrected chi connectivity index (χ1v) is 11.8. The summed E-state index contributed by atoms with van der Waals surface area (Å²) in [4.78, 5) is 19.2. The molecule has 0 saturated carbocycles. The molecular weight excluding hydrogens is 496 g/mol. The van der Waals surface area contributed by atoms with Crippen molar-refractivity contribution in [2.75, 3.05) is 52.9 Å². The van der Waals surface area contributed by atoms with Gasteiger partial charge in [0.15, 0.2) is 23.0 Å². The standard InChI is InChI=1S/C20H24O6.2C4H6O2/c1-2-6-18-17(5-1)23-13-9-21-11-15-25-19-7-3-4-8-20(19)26-16-12-22-10-14-24-18;2*1-3(2)4(5)6/h1-8H,9-16H2;2*1H2,2H3,(H,5,6). The van der Waals surface area contributed by atoms with Crippen molar-refractivity contribution in [2.24, 2.45) is 0 Å². The first-order valence-electron chi connectivity index (χ1n) is 11.8. The van der Waals surface area contributed by atoms with Gasteiger partial charge in [-0.25, -0.2) is 9.59 Å². The third kappa shape index (κ3) is 14.5. The number of carboxylic acids is 2. The number of carbonyl (C=O) groups is 2. The van der Waals surface area contributed by atoms with Crippen molar-refractivity contribution < 1.29 is 48.2 Å². The first-order chi connectivity index (χ1) is 18.2. The highest BCUT2D eigenvalue weighted by molar-refractivity contribution is 5.85. The fourth-order valence-corrected chi connectivity index (χ4v) is 2.42. The van der Waals surface area contributed by atoms with Crippen molar-refractivity contribution in [2.45, 2.75) is 13.8 Å². The summed E-state index contributed by atoms with van der Waals surface area (Å²) in [6, 6.07) is 15.2. The van der Waals surface area contributed by atoms with Gasteiger partial charge in [0.1, 0.15) is 26.4 Å². The Balaban J connectivity index is 0.000000503. The number of fused-ring (bicyclic) bond motifs is 2. The Bertz CT molecular complexity index is 859. The van der Waals surface area contributed by atoms with Crippen molar-refractivity contribution in [3.05, 3.63) is 72.8 Å². The highest BCUT2D eigenvalue weighted by Crippen LogP contribution is 2.27. The van der Waals surface area contributed by atoms with E-state index in [1.807, 2.05) is 48.5 Å². The van der Waals surface area contributed by atoms with Crippen LogP contribution < -0.4 is 18.9 Å². The highest BCUT2D eigenvalue weighted by Gasteiger charge is 2.07. The molecule has 2 N–H and O–H groups in total. The number of hydrogen-bond donors (Lipinski definition) is 2. The predicted molar refractivity (Wildman–Crippen MR) is 141 cm³/mol. The fraction of sp³-hybridized carbons (Fsp3) is 0.357. The molecule has 0 saturated heterocycles. The summed E-state index contributed by atoms with van der Waals surface area (Å²) in [5.41, 5.74) is 0.352. The van der Waals surface area contributed by atoms with E-state index in [2.05, 4.69) is 13.2 Å². The summed E-state index contributed by atoms with van der Waals surface area (Å²) in [6.07, 6.45) is 0. The Labute approximate surface area is 223 Å². The van der Waals surface area contributed by atoms with Gasteiger partial charge in [-0.15, -0.1) is 0 Å². The quantitative estimate of drug-likeness (QED) is 0.542. The number of carboxylic acid groups (broad SMARTS) is 2. The fourth-order valence-electron chi connectivity index (χ4n) is 2.42. The van der Waals surface area contributed by atoms with Crippen LogP contribution in [0.2, 0.25) is 0 Å². The van der Waals surface area contributed by atoms with Gasteiger partial charge in [0.05, 0.1) is 26.4 Å². The molecule has 0 amide bonds. The zero-order chi connectivity index (χ0) is 28.2. The van der Waals surface area contributed by atoms with Gasteiger partial charge in [-0.3, -0.25) is 0 Å². The van der Waals surface area contributed by atoms with E-state index in [9.17, 15) is 9.59 Å². The van der Waals surface area contributed by atoms with Gasteiger partial charge in [-0.05, 0) is 38.1 Å². The molecule has 208 valence electrons. The van der Waals surface area contributed by atoms with E-state index in [4.69, 9.17) is 38.6 Å². The lowest BCUT2D eigenvalue weighted by atomic mass is 10.3. The van der Waals surface area contributed by atoms with E-state index < -0.39 is 11.9 Å². The second-order valence-electron chi connectivity index (χ2n) is 7.68. The summed E-state index contributed by atoms with van der Waals surface area (Å²) in [6.45, 7) is 12.9. The highest BCUT2D eigenvalue weighted by atomic mass is 16.6. The molecule has 2 aromatic rings. The third-order valence-corrected chi connectivity index (χ3v) is 4.37. The minimum atomic E-state index is -0.935. The van der Waals surface area contributed by atoms with Crippen LogP contribution in [0, 0.1) is 0 Å². The van der Waals surface area contributed by atoms with Crippen molar-refractivity contribution in [1.29, 1.82) is 0 Å². The smallest absolute Gasteiger partial charge is 0.330 e. The second kappa shape index (κ2) is 19.1. The van der Waals surface area contributed by atoms with Crippen molar-refractivity contribution in [1.82, 2.24) is 0 Å². The summed E-state index contributed by atoms with van der Waals surface area (Å²) >= 11 is 0. The molecular formula is C28H36O10. The molecule has 1 heterocycles. The molecule has 10 heteroatoms. The molecule has 38 heavy (non-hydrogen) atoms. The van der Waals surface area contributed by atoms with E-state index in [0.29, 0.717) is 75.9 Å². The van der Waals surface area contributed by atoms with E-state index in [0.717, 1.165) is 0 Å². The summed E-state index contributed by atoms with van der Waals surface area (Å²) in [5.74, 6) is 0.929. The van der Waals surface area contributed by atoms with Crippen LogP contribution in [0.1, 0.15) is 13.8 Å². The minimum absolute atomic E-state index is 0.176. The molecule has 10 nitrogen and oxygen atoms in total. The van der Waals surface area contributed by atoms with Gasteiger partial charge in [-0.2, -0.15) is 0 Å². The Kier molecular flexibility index (Phi) is 16.1. The summed E-state index contributed by atoms with van der Waals surface area (Å²) in [7, 11) is 0. The Morgan fingerprint density at radius 2 is 0.763 bits per heavy atom. The van der Waals surface area contributed by atoms with E-state index >= 15 is 0 Å². The summed E-state index contributed by atoms with van der Waals surface area (Å²) < 4.78 is 34.1. The number of benzene rings is 2. The van der Waals surface area contributed by atoms with Gasteiger partial charge >= 0.3 is 11.9 Å². The Morgan fingerprint density at radius 3 is 0.947 bits per heavy atom. The first kappa shape index (κ1) is 32.0. The number of rotatable bonds is 2. The molecule has 0 radical (unpaired) electrons. The monoisotopic (exact) mass is 532 g/mol. The van der Waals surface area contributed by atoms with Gasteiger partial charge < -0.3 is 38.6 Å². The minimum Gasteiger partial charge on any atom is -0.487 e. The van der Waals surface area contributed by atoms with Crippen molar-refractivity contribution >= 4 is 11.9 Å². The van der Waals surface area contributed by atoms with Crippen LogP contribution in [0.4, 0.5) is 0 Å². The van der Waals surface area contributed by atoms with Crippen LogP contribution in [-0.4, -0.2) is 75.0 Å². The lowest BCUT2D eigenvalue weighted by Crippen LogP contribution is -2.15. The van der Waals surface area contributed by atoms with Crippen LogP contribution in [0.25, 0.3) is 0 Å². The van der Waals surface area contributed by atoms with Crippen LogP contribution in [0.3, 0.4) is 0 Å². The summed E-state index contributed by atoms with van der Waals surface area (Å²) in [5, 5.41) is 15.8. The van der Waals surface area contributed by atoms with Crippen LogP contribution in [0.5, 0.6) is 23.0 Å². The molecule has 3 rings (SSSR count). The maximum absolute atomic E-state index is 9.60.